The van der Waals surface area contributed by atoms with E-state index in [4.69, 9.17) is 9.84 Å². The van der Waals surface area contributed by atoms with Crippen molar-refractivity contribution in [2.75, 3.05) is 12.0 Å². The molecule has 1 aliphatic heterocycles. The Morgan fingerprint density at radius 1 is 1.19 bits per heavy atom. The third kappa shape index (κ3) is 4.00. The summed E-state index contributed by atoms with van der Waals surface area (Å²) < 4.78 is 7.10. The Bertz CT molecular complexity index is 1020. The Morgan fingerprint density at radius 3 is 2.56 bits per heavy atom. The number of hydrogen-bond donors (Lipinski definition) is 1. The lowest BCUT2D eigenvalue weighted by atomic mass is 9.90. The zero-order valence-electron chi connectivity index (χ0n) is 19.8. The Balaban J connectivity index is 1.78. The van der Waals surface area contributed by atoms with Gasteiger partial charge in [0, 0.05) is 23.2 Å². The van der Waals surface area contributed by atoms with Crippen LogP contribution in [0.2, 0.25) is 0 Å². The molecule has 2 amide bonds. The van der Waals surface area contributed by atoms with Crippen molar-refractivity contribution in [3.8, 4) is 5.75 Å². The molecule has 1 fully saturated rings. The Hall–Kier alpha value is -2.83. The van der Waals surface area contributed by atoms with E-state index in [-0.39, 0.29) is 23.3 Å². The van der Waals surface area contributed by atoms with Gasteiger partial charge in [-0.05, 0) is 38.0 Å². The molecule has 2 aromatic rings. The number of amides is 2. The molecule has 7 nitrogen and oxygen atoms in total. The van der Waals surface area contributed by atoms with E-state index in [0.29, 0.717) is 23.7 Å². The minimum atomic E-state index is -1.12. The van der Waals surface area contributed by atoms with Crippen LogP contribution < -0.4 is 15.0 Å². The van der Waals surface area contributed by atoms with Gasteiger partial charge in [-0.25, -0.2) is 0 Å². The van der Waals surface area contributed by atoms with Gasteiger partial charge in [-0.3, -0.25) is 19.2 Å². The summed E-state index contributed by atoms with van der Waals surface area (Å²) in [5.41, 5.74) is 0.658. The zero-order chi connectivity index (χ0) is 23.1. The molecule has 1 unspecified atom stereocenters. The first-order chi connectivity index (χ1) is 15.1. The molecule has 1 aromatic heterocycles. The molecule has 0 radical (unpaired) electrons. The average molecular weight is 439 g/mol. The van der Waals surface area contributed by atoms with Crippen molar-refractivity contribution < 1.29 is 14.3 Å². The summed E-state index contributed by atoms with van der Waals surface area (Å²) >= 11 is 0. The fraction of sp³-hybridized carbons (Fsp3) is 0.560. The molecular weight excluding hydrogens is 404 g/mol. The normalized spacial score (nSPS) is 21.9. The van der Waals surface area contributed by atoms with Crippen molar-refractivity contribution in [1.82, 2.24) is 15.1 Å². The predicted octanol–water partition coefficient (Wildman–Crippen LogP) is 4.06. The van der Waals surface area contributed by atoms with Crippen molar-refractivity contribution in [2.24, 2.45) is 0 Å². The smallest absolute Gasteiger partial charge is 0.277 e. The van der Waals surface area contributed by atoms with Gasteiger partial charge in [-0.15, -0.1) is 0 Å². The standard InChI is InChI=1S/C25H34N4O3/c1-24(2,3)21-15-20-22(30)29(18-12-9-13-19(14-18)32-5)25(4,16-28(20)27-21)23(31)26-17-10-7-6-8-11-17/h9,12-15,17H,6-8,10-11,16H2,1-5H3,(H,26,31). The van der Waals surface area contributed by atoms with Crippen LogP contribution in [0, 0.1) is 0 Å². The molecule has 4 rings (SSSR count). The monoisotopic (exact) mass is 438 g/mol. The second-order valence-electron chi connectivity index (χ2n) is 10.2. The van der Waals surface area contributed by atoms with Crippen molar-refractivity contribution in [3.63, 3.8) is 0 Å². The third-order valence-electron chi connectivity index (χ3n) is 6.66. The van der Waals surface area contributed by atoms with Crippen LogP contribution in [0.1, 0.15) is 76.0 Å². The number of carbonyl (C=O) groups is 2. The predicted molar refractivity (Wildman–Crippen MR) is 124 cm³/mol. The molecule has 32 heavy (non-hydrogen) atoms. The van der Waals surface area contributed by atoms with Crippen molar-refractivity contribution in [3.05, 3.63) is 41.7 Å². The molecule has 2 heterocycles. The number of methoxy groups -OCH3 is 1. The van der Waals surface area contributed by atoms with E-state index in [9.17, 15) is 9.59 Å². The van der Waals surface area contributed by atoms with E-state index in [1.807, 2.05) is 31.2 Å². The van der Waals surface area contributed by atoms with Crippen molar-refractivity contribution >= 4 is 17.5 Å². The molecule has 1 atom stereocenters. The zero-order valence-corrected chi connectivity index (χ0v) is 19.8. The second-order valence-corrected chi connectivity index (χ2v) is 10.2. The summed E-state index contributed by atoms with van der Waals surface area (Å²) in [5.74, 6) is 0.271. The quantitative estimate of drug-likeness (QED) is 0.781. The van der Waals surface area contributed by atoms with Crippen LogP contribution in [0.5, 0.6) is 5.75 Å². The Labute approximate surface area is 190 Å². The summed E-state index contributed by atoms with van der Waals surface area (Å²) in [6.45, 7) is 8.34. The van der Waals surface area contributed by atoms with Gasteiger partial charge in [0.15, 0.2) is 0 Å². The molecule has 0 spiro atoms. The van der Waals surface area contributed by atoms with Crippen molar-refractivity contribution in [2.45, 2.75) is 83.3 Å². The van der Waals surface area contributed by atoms with Crippen LogP contribution in [0.3, 0.4) is 0 Å². The first-order valence-corrected chi connectivity index (χ1v) is 11.5. The fourth-order valence-corrected chi connectivity index (χ4v) is 4.69. The van der Waals surface area contributed by atoms with Gasteiger partial charge in [0.1, 0.15) is 17.0 Å². The minimum Gasteiger partial charge on any atom is -0.497 e. The Morgan fingerprint density at radius 2 is 1.91 bits per heavy atom. The number of fused-ring (bicyclic) bond motifs is 1. The van der Waals surface area contributed by atoms with E-state index in [0.717, 1.165) is 31.4 Å². The highest BCUT2D eigenvalue weighted by Gasteiger charge is 2.49. The number of benzene rings is 1. The molecule has 0 saturated heterocycles. The topological polar surface area (TPSA) is 76.5 Å². The van der Waals surface area contributed by atoms with E-state index in [2.05, 4.69) is 26.1 Å². The van der Waals surface area contributed by atoms with Crippen LogP contribution in [-0.2, 0) is 16.8 Å². The number of ether oxygens (including phenoxy) is 1. The van der Waals surface area contributed by atoms with Crippen molar-refractivity contribution in [1.29, 1.82) is 0 Å². The number of hydrogen-bond acceptors (Lipinski definition) is 4. The number of rotatable bonds is 4. The summed E-state index contributed by atoms with van der Waals surface area (Å²) in [7, 11) is 1.59. The minimum absolute atomic E-state index is 0.140. The largest absolute Gasteiger partial charge is 0.497 e. The molecule has 2 aliphatic rings. The van der Waals surface area contributed by atoms with Gasteiger partial charge in [-0.2, -0.15) is 5.10 Å². The first-order valence-electron chi connectivity index (χ1n) is 11.5. The molecule has 1 N–H and O–H groups in total. The molecule has 1 aliphatic carbocycles. The summed E-state index contributed by atoms with van der Waals surface area (Å²) in [5, 5.41) is 7.96. The SMILES string of the molecule is COc1cccc(N2C(=O)c3cc(C(C)(C)C)nn3CC2(C)C(=O)NC2CCCCC2)c1. The summed E-state index contributed by atoms with van der Waals surface area (Å²) in [4.78, 5) is 29.1. The maximum absolute atomic E-state index is 13.8. The number of nitrogens with zero attached hydrogens (tertiary/aromatic N) is 3. The Kier molecular flexibility index (Phi) is 5.77. The van der Waals surface area contributed by atoms with Gasteiger partial charge >= 0.3 is 0 Å². The number of anilines is 1. The second kappa shape index (κ2) is 8.26. The summed E-state index contributed by atoms with van der Waals surface area (Å²) in [6.07, 6.45) is 5.42. The number of carbonyl (C=O) groups excluding carboxylic acids is 2. The van der Waals surface area contributed by atoms with Crippen LogP contribution in [0.25, 0.3) is 0 Å². The van der Waals surface area contributed by atoms with E-state index < -0.39 is 5.54 Å². The molecule has 7 heteroatoms. The lowest BCUT2D eigenvalue weighted by Crippen LogP contribution is -2.65. The number of aromatic nitrogens is 2. The third-order valence-corrected chi connectivity index (χ3v) is 6.66. The lowest BCUT2D eigenvalue weighted by Gasteiger charge is -2.44. The molecular formula is C25H34N4O3. The van der Waals surface area contributed by atoms with E-state index in [1.165, 1.54) is 6.42 Å². The van der Waals surface area contributed by atoms with E-state index in [1.54, 1.807) is 22.8 Å². The molecule has 0 bridgehead atoms. The van der Waals surface area contributed by atoms with Gasteiger partial charge in [0.2, 0.25) is 5.91 Å². The number of nitrogens with one attached hydrogen (secondary N) is 1. The van der Waals surface area contributed by atoms with E-state index >= 15 is 0 Å². The molecule has 172 valence electrons. The van der Waals surface area contributed by atoms with Crippen LogP contribution >= 0.6 is 0 Å². The maximum Gasteiger partial charge on any atom is 0.277 e. The maximum atomic E-state index is 13.8. The van der Waals surface area contributed by atoms with Crippen LogP contribution in [0.4, 0.5) is 5.69 Å². The van der Waals surface area contributed by atoms with Crippen LogP contribution in [0.15, 0.2) is 30.3 Å². The van der Waals surface area contributed by atoms with Crippen LogP contribution in [-0.4, -0.2) is 40.3 Å². The highest BCUT2D eigenvalue weighted by molar-refractivity contribution is 6.12. The first kappa shape index (κ1) is 22.4. The van der Waals surface area contributed by atoms with Gasteiger partial charge in [0.25, 0.3) is 5.91 Å². The fourth-order valence-electron chi connectivity index (χ4n) is 4.69. The van der Waals surface area contributed by atoms with Gasteiger partial charge in [0.05, 0.1) is 19.3 Å². The molecule has 1 saturated carbocycles. The highest BCUT2D eigenvalue weighted by atomic mass is 16.5. The van der Waals surface area contributed by atoms with Gasteiger partial charge < -0.3 is 10.1 Å². The molecule has 1 aromatic carbocycles. The average Bonchev–Trinajstić information content (AvgIpc) is 3.19. The highest BCUT2D eigenvalue weighted by Crippen LogP contribution is 2.36. The van der Waals surface area contributed by atoms with Gasteiger partial charge in [-0.1, -0.05) is 46.1 Å². The summed E-state index contributed by atoms with van der Waals surface area (Å²) in [6, 6.07) is 9.34. The lowest BCUT2D eigenvalue weighted by molar-refractivity contribution is -0.127.